The molecule has 0 aliphatic carbocycles. The van der Waals surface area contributed by atoms with Crippen LogP contribution < -0.4 is 4.90 Å². The van der Waals surface area contributed by atoms with Crippen molar-refractivity contribution in [3.63, 3.8) is 0 Å². The van der Waals surface area contributed by atoms with Crippen molar-refractivity contribution in [2.24, 2.45) is 0 Å². The van der Waals surface area contributed by atoms with Crippen molar-refractivity contribution in [1.82, 2.24) is 0 Å². The number of carbonyl (C=O) groups excluding carboxylic acids is 1. The number of rotatable bonds is 4. The summed E-state index contributed by atoms with van der Waals surface area (Å²) < 4.78 is 4.98. The number of carboxylic acids is 1. The van der Waals surface area contributed by atoms with Gasteiger partial charge in [0.05, 0.1) is 12.3 Å². The van der Waals surface area contributed by atoms with Crippen LogP contribution in [-0.4, -0.2) is 23.8 Å². The van der Waals surface area contributed by atoms with Gasteiger partial charge in [0.2, 0.25) is 0 Å². The highest BCUT2D eigenvalue weighted by molar-refractivity contribution is 6.03. The molecule has 2 rings (SSSR count). The van der Waals surface area contributed by atoms with Crippen molar-refractivity contribution in [2.75, 3.05) is 11.5 Å². The summed E-state index contributed by atoms with van der Waals surface area (Å²) in [5.74, 6) is -1.13. The second kappa shape index (κ2) is 6.56. The van der Waals surface area contributed by atoms with Gasteiger partial charge in [-0.15, -0.1) is 0 Å². The third-order valence-electron chi connectivity index (χ3n) is 2.86. The Morgan fingerprint density at radius 3 is 2.62 bits per heavy atom. The van der Waals surface area contributed by atoms with Gasteiger partial charge < -0.3 is 9.84 Å². The Morgan fingerprint density at radius 1 is 1.19 bits per heavy atom. The molecule has 0 heterocycles. The molecule has 2 aromatic rings. The maximum absolute atomic E-state index is 12.1. The number of carbonyl (C=O) groups is 2. The summed E-state index contributed by atoms with van der Waals surface area (Å²) in [4.78, 5) is 24.0. The molecule has 5 heteroatoms. The first-order valence-corrected chi connectivity index (χ1v) is 6.48. The minimum Gasteiger partial charge on any atom is -0.478 e. The molecule has 0 saturated carbocycles. The van der Waals surface area contributed by atoms with Crippen molar-refractivity contribution in [3.8, 4) is 0 Å². The smallest absolute Gasteiger partial charge is 0.418 e. The molecule has 0 spiro atoms. The number of hydrogen-bond donors (Lipinski definition) is 1. The molecule has 0 atom stereocenters. The number of hydrogen-bond acceptors (Lipinski definition) is 3. The minimum atomic E-state index is -1.13. The van der Waals surface area contributed by atoms with Crippen LogP contribution in [0.2, 0.25) is 0 Å². The average Bonchev–Trinajstić information content (AvgIpc) is 2.47. The van der Waals surface area contributed by atoms with Crippen molar-refractivity contribution in [3.05, 3.63) is 54.7 Å². The molecule has 2 aromatic carbocycles. The standard InChI is InChI=1S/C16H15NO4/c1-2-21-16(20)17(11-10-15(18)19)14-9-5-7-12-6-3-4-8-13(12)14/h3-11H,2H2,1H3,(H,18,19). The van der Waals surface area contributed by atoms with E-state index in [1.54, 1.807) is 19.1 Å². The Balaban J connectivity index is 2.52. The van der Waals surface area contributed by atoms with Gasteiger partial charge in [-0.1, -0.05) is 36.4 Å². The van der Waals surface area contributed by atoms with E-state index >= 15 is 0 Å². The van der Waals surface area contributed by atoms with Crippen molar-refractivity contribution in [1.29, 1.82) is 0 Å². The van der Waals surface area contributed by atoms with Crippen molar-refractivity contribution >= 4 is 28.5 Å². The van der Waals surface area contributed by atoms with Crippen LogP contribution in [-0.2, 0) is 9.53 Å². The molecule has 108 valence electrons. The van der Waals surface area contributed by atoms with Crippen molar-refractivity contribution < 1.29 is 19.4 Å². The van der Waals surface area contributed by atoms with Gasteiger partial charge in [0.1, 0.15) is 0 Å². The number of nitrogens with zero attached hydrogens (tertiary/aromatic N) is 1. The SMILES string of the molecule is CCOC(=O)N(C=CC(=O)O)c1cccc2ccccc12. The summed E-state index contributed by atoms with van der Waals surface area (Å²) in [5, 5.41) is 10.6. The van der Waals surface area contributed by atoms with Gasteiger partial charge in [-0.3, -0.25) is 4.90 Å². The fourth-order valence-electron chi connectivity index (χ4n) is 1.99. The van der Waals surface area contributed by atoms with E-state index in [-0.39, 0.29) is 6.61 Å². The fraction of sp³-hybridized carbons (Fsp3) is 0.125. The Labute approximate surface area is 122 Å². The zero-order chi connectivity index (χ0) is 15.2. The van der Waals surface area contributed by atoms with Crippen LogP contribution in [0.25, 0.3) is 10.8 Å². The van der Waals surface area contributed by atoms with Gasteiger partial charge >= 0.3 is 12.1 Å². The van der Waals surface area contributed by atoms with E-state index in [0.717, 1.165) is 16.8 Å². The van der Waals surface area contributed by atoms with Crippen LogP contribution in [0.5, 0.6) is 0 Å². The van der Waals surface area contributed by atoms with Crippen LogP contribution in [0.15, 0.2) is 54.7 Å². The number of benzene rings is 2. The van der Waals surface area contributed by atoms with Gasteiger partial charge in [-0.2, -0.15) is 0 Å². The molecule has 0 aliphatic rings. The monoisotopic (exact) mass is 285 g/mol. The summed E-state index contributed by atoms with van der Waals surface area (Å²) >= 11 is 0. The highest BCUT2D eigenvalue weighted by Gasteiger charge is 2.16. The molecule has 0 aromatic heterocycles. The molecule has 0 saturated heterocycles. The van der Waals surface area contributed by atoms with E-state index in [1.165, 1.54) is 11.1 Å². The maximum Gasteiger partial charge on any atom is 0.418 e. The van der Waals surface area contributed by atoms with Gasteiger partial charge in [-0.05, 0) is 18.4 Å². The molecule has 0 unspecified atom stereocenters. The Bertz CT molecular complexity index is 688. The molecule has 1 amide bonds. The van der Waals surface area contributed by atoms with Crippen LogP contribution >= 0.6 is 0 Å². The normalized spacial score (nSPS) is 10.7. The van der Waals surface area contributed by atoms with E-state index < -0.39 is 12.1 Å². The summed E-state index contributed by atoms with van der Waals surface area (Å²) in [7, 11) is 0. The lowest BCUT2D eigenvalue weighted by Gasteiger charge is -2.19. The first kappa shape index (κ1) is 14.6. The molecule has 0 fully saturated rings. The van der Waals surface area contributed by atoms with Gasteiger partial charge in [0, 0.05) is 17.7 Å². The zero-order valence-corrected chi connectivity index (χ0v) is 11.5. The Morgan fingerprint density at radius 2 is 1.90 bits per heavy atom. The number of aliphatic carboxylic acids is 1. The first-order chi connectivity index (χ1) is 10.1. The average molecular weight is 285 g/mol. The van der Waals surface area contributed by atoms with Crippen LogP contribution in [0.3, 0.4) is 0 Å². The van der Waals surface area contributed by atoms with Crippen LogP contribution in [0.1, 0.15) is 6.92 Å². The highest BCUT2D eigenvalue weighted by atomic mass is 16.6. The number of anilines is 1. The molecule has 21 heavy (non-hydrogen) atoms. The molecule has 0 aliphatic heterocycles. The number of carboxylic acid groups (broad SMARTS) is 1. The number of fused-ring (bicyclic) bond motifs is 1. The number of ether oxygens (including phenoxy) is 1. The van der Waals surface area contributed by atoms with E-state index in [9.17, 15) is 9.59 Å². The molecule has 0 bridgehead atoms. The largest absolute Gasteiger partial charge is 0.478 e. The molecular formula is C16H15NO4. The maximum atomic E-state index is 12.1. The molecule has 5 nitrogen and oxygen atoms in total. The van der Waals surface area contributed by atoms with Gasteiger partial charge in [-0.25, -0.2) is 9.59 Å². The van der Waals surface area contributed by atoms with E-state index in [4.69, 9.17) is 9.84 Å². The fourth-order valence-corrected chi connectivity index (χ4v) is 1.99. The summed E-state index contributed by atoms with van der Waals surface area (Å²) in [5.41, 5.74) is 0.573. The van der Waals surface area contributed by atoms with Crippen LogP contribution in [0, 0.1) is 0 Å². The van der Waals surface area contributed by atoms with Gasteiger partial charge in [0.25, 0.3) is 0 Å². The first-order valence-electron chi connectivity index (χ1n) is 6.48. The second-order valence-corrected chi connectivity index (χ2v) is 4.22. The van der Waals surface area contributed by atoms with E-state index in [1.807, 2.05) is 30.3 Å². The van der Waals surface area contributed by atoms with Crippen molar-refractivity contribution in [2.45, 2.75) is 6.92 Å². The third kappa shape index (κ3) is 3.39. The predicted octanol–water partition coefficient (Wildman–Crippen LogP) is 3.40. The Kier molecular flexibility index (Phi) is 4.56. The summed E-state index contributed by atoms with van der Waals surface area (Å²) in [6.45, 7) is 1.90. The lowest BCUT2D eigenvalue weighted by atomic mass is 10.1. The highest BCUT2D eigenvalue weighted by Crippen LogP contribution is 2.27. The Hall–Kier alpha value is -2.82. The van der Waals surface area contributed by atoms with Gasteiger partial charge in [0.15, 0.2) is 0 Å². The van der Waals surface area contributed by atoms with E-state index in [2.05, 4.69) is 0 Å². The minimum absolute atomic E-state index is 0.209. The molecule has 1 N–H and O–H groups in total. The third-order valence-corrected chi connectivity index (χ3v) is 2.86. The lowest BCUT2D eigenvalue weighted by molar-refractivity contribution is -0.131. The molecular weight excluding hydrogens is 270 g/mol. The zero-order valence-electron chi connectivity index (χ0n) is 11.5. The predicted molar refractivity (Wildman–Crippen MR) is 80.2 cm³/mol. The number of amides is 1. The summed E-state index contributed by atoms with van der Waals surface area (Å²) in [6, 6.07) is 13.0. The van der Waals surface area contributed by atoms with Crippen LogP contribution in [0.4, 0.5) is 10.5 Å². The molecule has 0 radical (unpaired) electrons. The quantitative estimate of drug-likeness (QED) is 0.874. The summed E-state index contributed by atoms with van der Waals surface area (Å²) in [6.07, 6.45) is 1.48. The second-order valence-electron chi connectivity index (χ2n) is 4.22. The van der Waals surface area contributed by atoms with E-state index in [0.29, 0.717) is 5.69 Å². The topological polar surface area (TPSA) is 66.8 Å². The lowest BCUT2D eigenvalue weighted by Crippen LogP contribution is -2.26.